The monoisotopic (exact) mass is 505 g/mol. The summed E-state index contributed by atoms with van der Waals surface area (Å²) >= 11 is 7.91. The van der Waals surface area contributed by atoms with Gasteiger partial charge in [0, 0.05) is 46.9 Å². The van der Waals surface area contributed by atoms with Crippen molar-refractivity contribution in [3.63, 3.8) is 0 Å². The lowest BCUT2D eigenvalue weighted by molar-refractivity contribution is -0.116. The molecule has 0 saturated carbocycles. The molecule has 0 amide bonds. The summed E-state index contributed by atoms with van der Waals surface area (Å²) in [5, 5.41) is 22.3. The Morgan fingerprint density at radius 2 is 1.89 bits per heavy atom. The van der Waals surface area contributed by atoms with E-state index in [1.165, 1.54) is 23.5 Å². The zero-order valence-corrected chi connectivity index (χ0v) is 20.3. The fraction of sp³-hybridized carbons (Fsp3) is 0.346. The second-order valence-electron chi connectivity index (χ2n) is 9.33. The zero-order chi connectivity index (χ0) is 24.4. The molecule has 4 aliphatic heterocycles. The number of rotatable bonds is 2. The number of hydrogen-bond donors (Lipinski definition) is 1. The molecule has 0 unspecified atom stereocenters. The summed E-state index contributed by atoms with van der Waals surface area (Å²) in [6, 6.07) is 8.87. The van der Waals surface area contributed by atoms with Crippen LogP contribution in [-0.2, 0) is 4.79 Å². The molecule has 7 rings (SSSR count). The van der Waals surface area contributed by atoms with E-state index in [0.717, 1.165) is 36.5 Å². The summed E-state index contributed by atoms with van der Waals surface area (Å²) in [6.07, 6.45) is 3.46. The number of nitrogens with zero attached hydrogens (tertiary/aromatic N) is 4. The van der Waals surface area contributed by atoms with Crippen molar-refractivity contribution < 1.29 is 9.18 Å². The molecule has 35 heavy (non-hydrogen) atoms. The number of nitriles is 2. The first-order chi connectivity index (χ1) is 17.0. The Balaban J connectivity index is 1.62. The zero-order valence-electron chi connectivity index (χ0n) is 18.8. The standard InChI is InChI=1S/C26H21ClFN5OS/c27-16-3-1-4-17(28)22(16)21-14(11-29)24(31)33(18-5-2-6-19(34)23(18)21)25-15(12-30)20-13-7-9-32(10-8-13)26(20)35-25/h1,3-4,13,21H,2,5-10,31H2/t21-/m1/s1. The predicted octanol–water partition coefficient (Wildman–Crippen LogP) is 5.41. The van der Waals surface area contributed by atoms with E-state index in [1.807, 2.05) is 0 Å². The molecule has 1 saturated heterocycles. The van der Waals surface area contributed by atoms with Crippen LogP contribution >= 0.6 is 22.9 Å². The molecule has 1 fully saturated rings. The fourth-order valence-electron chi connectivity index (χ4n) is 6.06. The number of ketones is 1. The van der Waals surface area contributed by atoms with Crippen molar-refractivity contribution in [3.8, 4) is 12.1 Å². The van der Waals surface area contributed by atoms with Crippen LogP contribution in [0.25, 0.3) is 0 Å². The van der Waals surface area contributed by atoms with Gasteiger partial charge in [0.25, 0.3) is 0 Å². The summed E-state index contributed by atoms with van der Waals surface area (Å²) < 4.78 is 15.1. The van der Waals surface area contributed by atoms with Crippen molar-refractivity contribution >= 4 is 38.7 Å². The van der Waals surface area contributed by atoms with Gasteiger partial charge in [-0.05, 0) is 43.7 Å². The van der Waals surface area contributed by atoms with E-state index in [2.05, 4.69) is 17.0 Å². The molecule has 2 N–H and O–H groups in total. The summed E-state index contributed by atoms with van der Waals surface area (Å²) in [5.74, 6) is -1.26. The summed E-state index contributed by atoms with van der Waals surface area (Å²) in [4.78, 5) is 17.4. The van der Waals surface area contributed by atoms with E-state index < -0.39 is 11.7 Å². The third kappa shape index (κ3) is 3.07. The Hall–Kier alpha value is -3.33. The quantitative estimate of drug-likeness (QED) is 0.585. The van der Waals surface area contributed by atoms with Crippen LogP contribution in [0.3, 0.4) is 0 Å². The van der Waals surface area contributed by atoms with Crippen molar-refractivity contribution in [3.05, 3.63) is 68.4 Å². The highest BCUT2D eigenvalue weighted by Crippen LogP contribution is 2.56. The number of piperidine rings is 1. The van der Waals surface area contributed by atoms with Gasteiger partial charge in [0.2, 0.25) is 0 Å². The van der Waals surface area contributed by atoms with Gasteiger partial charge < -0.3 is 10.6 Å². The summed E-state index contributed by atoms with van der Waals surface area (Å²) in [7, 11) is 0. The van der Waals surface area contributed by atoms with Crippen LogP contribution in [0.2, 0.25) is 5.02 Å². The maximum absolute atomic E-state index is 15.1. The number of carbonyl (C=O) groups is 1. The molecule has 9 heteroatoms. The molecule has 176 valence electrons. The first kappa shape index (κ1) is 22.2. The highest BCUT2D eigenvalue weighted by Gasteiger charge is 2.45. The highest BCUT2D eigenvalue weighted by atomic mass is 35.5. The van der Waals surface area contributed by atoms with E-state index in [4.69, 9.17) is 17.3 Å². The fourth-order valence-corrected chi connectivity index (χ4v) is 7.77. The average molecular weight is 506 g/mol. The molecule has 1 aromatic heterocycles. The number of fused-ring (bicyclic) bond motifs is 2. The lowest BCUT2D eigenvalue weighted by Gasteiger charge is -2.39. The van der Waals surface area contributed by atoms with Crippen LogP contribution in [0.1, 0.15) is 60.6 Å². The lowest BCUT2D eigenvalue weighted by atomic mass is 9.75. The van der Waals surface area contributed by atoms with Crippen molar-refractivity contribution in [2.75, 3.05) is 22.9 Å². The van der Waals surface area contributed by atoms with Crippen LogP contribution in [0.5, 0.6) is 0 Å². The van der Waals surface area contributed by atoms with Gasteiger partial charge in [0.1, 0.15) is 22.7 Å². The highest BCUT2D eigenvalue weighted by molar-refractivity contribution is 7.20. The van der Waals surface area contributed by atoms with Gasteiger partial charge in [0.05, 0.1) is 28.1 Å². The van der Waals surface area contributed by atoms with Gasteiger partial charge in [-0.1, -0.05) is 29.0 Å². The third-order valence-electron chi connectivity index (χ3n) is 7.61. The molecule has 0 spiro atoms. The number of Topliss-reactive ketones (excluding diaryl/α,β-unsaturated/α-hetero) is 1. The van der Waals surface area contributed by atoms with Crippen LogP contribution < -0.4 is 15.5 Å². The average Bonchev–Trinajstić information content (AvgIpc) is 3.26. The molecule has 1 atom stereocenters. The molecule has 5 heterocycles. The van der Waals surface area contributed by atoms with E-state index >= 15 is 4.39 Å². The smallest absolute Gasteiger partial charge is 0.161 e. The topological polar surface area (TPSA) is 97.2 Å². The van der Waals surface area contributed by atoms with Gasteiger partial charge in [-0.2, -0.15) is 10.5 Å². The Kier molecular flexibility index (Phi) is 5.14. The van der Waals surface area contributed by atoms with E-state index in [0.29, 0.717) is 47.0 Å². The molecular weight excluding hydrogens is 485 g/mol. The minimum absolute atomic E-state index is 0.0736. The molecular formula is C26H21ClFN5OS. The number of anilines is 2. The molecule has 1 aliphatic carbocycles. The van der Waals surface area contributed by atoms with E-state index in [9.17, 15) is 15.3 Å². The minimum Gasteiger partial charge on any atom is -0.384 e. The Morgan fingerprint density at radius 1 is 1.11 bits per heavy atom. The van der Waals surface area contributed by atoms with Crippen molar-refractivity contribution in [2.45, 2.75) is 43.9 Å². The molecule has 2 aromatic rings. The number of carbonyl (C=O) groups excluding carboxylic acids is 1. The molecule has 2 bridgehead atoms. The lowest BCUT2D eigenvalue weighted by Crippen LogP contribution is -2.39. The minimum atomic E-state index is -0.979. The predicted molar refractivity (Wildman–Crippen MR) is 133 cm³/mol. The van der Waals surface area contributed by atoms with Crippen molar-refractivity contribution in [2.24, 2.45) is 5.73 Å². The van der Waals surface area contributed by atoms with Gasteiger partial charge in [-0.25, -0.2) is 4.39 Å². The Morgan fingerprint density at radius 3 is 2.57 bits per heavy atom. The molecule has 1 aromatic carbocycles. The van der Waals surface area contributed by atoms with E-state index in [-0.39, 0.29) is 27.8 Å². The van der Waals surface area contributed by atoms with Crippen molar-refractivity contribution in [1.29, 1.82) is 10.5 Å². The number of benzene rings is 1. The van der Waals surface area contributed by atoms with Crippen LogP contribution in [-0.4, -0.2) is 18.9 Å². The van der Waals surface area contributed by atoms with Gasteiger partial charge >= 0.3 is 0 Å². The molecule has 5 aliphatic rings. The number of thiophene rings is 1. The SMILES string of the molecule is N#CC1=C(N)N(c2sc3c(c2C#N)C2CCN3CC2)C2=C(C(=O)CCC2)[C@H]1c1c(F)cccc1Cl. The number of halogens is 2. The van der Waals surface area contributed by atoms with Crippen molar-refractivity contribution in [1.82, 2.24) is 0 Å². The van der Waals surface area contributed by atoms with Crippen LogP contribution in [0.4, 0.5) is 14.4 Å². The normalized spacial score (nSPS) is 21.7. The van der Waals surface area contributed by atoms with Crippen LogP contribution in [0.15, 0.2) is 40.9 Å². The van der Waals surface area contributed by atoms with Gasteiger partial charge in [0.15, 0.2) is 5.78 Å². The van der Waals surface area contributed by atoms with Crippen LogP contribution in [0, 0.1) is 28.5 Å². The largest absolute Gasteiger partial charge is 0.384 e. The number of nitrogens with two attached hydrogens (primary N) is 1. The van der Waals surface area contributed by atoms with Gasteiger partial charge in [-0.15, -0.1) is 0 Å². The number of allylic oxidation sites excluding steroid dienone is 3. The Bertz CT molecular complexity index is 1420. The first-order valence-electron chi connectivity index (χ1n) is 11.7. The second-order valence-corrected chi connectivity index (χ2v) is 10.7. The summed E-state index contributed by atoms with van der Waals surface area (Å²) in [5.41, 5.74) is 9.44. The van der Waals surface area contributed by atoms with E-state index in [1.54, 1.807) is 11.0 Å². The molecule has 6 nitrogen and oxygen atoms in total. The van der Waals surface area contributed by atoms with Gasteiger partial charge in [-0.3, -0.25) is 9.69 Å². The Labute approximate surface area is 211 Å². The summed E-state index contributed by atoms with van der Waals surface area (Å²) in [6.45, 7) is 1.91. The molecule has 0 radical (unpaired) electrons. The maximum Gasteiger partial charge on any atom is 0.161 e. The number of hydrogen-bond acceptors (Lipinski definition) is 7. The second kappa shape index (κ2) is 8.12. The third-order valence-corrected chi connectivity index (χ3v) is 9.20. The first-order valence-corrected chi connectivity index (χ1v) is 12.9. The maximum atomic E-state index is 15.1.